The molecule has 27 heavy (non-hydrogen) atoms. The second kappa shape index (κ2) is 8.66. The Morgan fingerprint density at radius 3 is 2.52 bits per heavy atom. The molecule has 0 fully saturated rings. The lowest BCUT2D eigenvalue weighted by Gasteiger charge is -2.14. The minimum atomic E-state index is -0.781. The van der Waals surface area contributed by atoms with Crippen molar-refractivity contribution >= 4 is 39.9 Å². The molecule has 0 aromatic heterocycles. The number of aliphatic hydroxyl groups excluding tert-OH is 1. The molecule has 6 heteroatoms. The molecule has 5 nitrogen and oxygen atoms in total. The third kappa shape index (κ3) is 4.84. The van der Waals surface area contributed by atoms with E-state index in [2.05, 4.69) is 10.6 Å². The van der Waals surface area contributed by atoms with Crippen LogP contribution in [0.4, 0.5) is 5.69 Å². The van der Waals surface area contributed by atoms with Gasteiger partial charge in [-0.2, -0.15) is 0 Å². The summed E-state index contributed by atoms with van der Waals surface area (Å²) in [5.41, 5.74) is 1.24. The van der Waals surface area contributed by atoms with Crippen LogP contribution >= 0.6 is 11.6 Å². The number of fused-ring (bicyclic) bond motifs is 1. The maximum absolute atomic E-state index is 11.9. The summed E-state index contributed by atoms with van der Waals surface area (Å²) in [6.45, 7) is 0.173. The molecule has 0 aliphatic carbocycles. The fraction of sp³-hybridized carbons (Fsp3) is 0.143. The SMILES string of the molecule is O=C(NCCC(O)c1cccc2ccccc12)C(=O)Nc1cccc(Cl)c1. The zero-order valence-corrected chi connectivity index (χ0v) is 15.2. The number of aliphatic hydroxyl groups is 1. The van der Waals surface area contributed by atoms with Crippen LogP contribution in [0.25, 0.3) is 10.8 Å². The van der Waals surface area contributed by atoms with Crippen molar-refractivity contribution in [1.29, 1.82) is 0 Å². The van der Waals surface area contributed by atoms with Crippen molar-refractivity contribution in [2.45, 2.75) is 12.5 Å². The van der Waals surface area contributed by atoms with Gasteiger partial charge in [-0.05, 0) is 41.0 Å². The number of benzene rings is 3. The minimum absolute atomic E-state index is 0.173. The molecule has 138 valence electrons. The van der Waals surface area contributed by atoms with Crippen LogP contribution in [0.2, 0.25) is 5.02 Å². The first-order valence-electron chi connectivity index (χ1n) is 8.55. The van der Waals surface area contributed by atoms with E-state index in [9.17, 15) is 14.7 Å². The number of hydrogen-bond donors (Lipinski definition) is 3. The first-order chi connectivity index (χ1) is 13.0. The predicted octanol–water partition coefficient (Wildman–Crippen LogP) is 3.67. The summed E-state index contributed by atoms with van der Waals surface area (Å²) >= 11 is 5.85. The van der Waals surface area contributed by atoms with E-state index in [1.54, 1.807) is 24.3 Å². The highest BCUT2D eigenvalue weighted by Gasteiger charge is 2.15. The van der Waals surface area contributed by atoms with Crippen molar-refractivity contribution < 1.29 is 14.7 Å². The van der Waals surface area contributed by atoms with Crippen LogP contribution in [0, 0.1) is 0 Å². The van der Waals surface area contributed by atoms with Crippen LogP contribution in [0.5, 0.6) is 0 Å². The molecule has 0 heterocycles. The topological polar surface area (TPSA) is 78.4 Å². The van der Waals surface area contributed by atoms with E-state index in [1.165, 1.54) is 0 Å². The predicted molar refractivity (Wildman–Crippen MR) is 107 cm³/mol. The van der Waals surface area contributed by atoms with E-state index >= 15 is 0 Å². The molecule has 0 bridgehead atoms. The molecule has 1 atom stereocenters. The van der Waals surface area contributed by atoms with Gasteiger partial charge in [0.15, 0.2) is 0 Å². The van der Waals surface area contributed by atoms with Gasteiger partial charge in [-0.3, -0.25) is 9.59 Å². The van der Waals surface area contributed by atoms with Gasteiger partial charge in [0.05, 0.1) is 6.10 Å². The molecule has 0 aliphatic rings. The average molecular weight is 383 g/mol. The van der Waals surface area contributed by atoms with Crippen molar-refractivity contribution in [2.24, 2.45) is 0 Å². The molecule has 3 rings (SSSR count). The van der Waals surface area contributed by atoms with Gasteiger partial charge in [0.2, 0.25) is 0 Å². The Kier molecular flexibility index (Phi) is 6.06. The largest absolute Gasteiger partial charge is 0.388 e. The molecule has 3 aromatic rings. The number of nitrogens with one attached hydrogen (secondary N) is 2. The molecular formula is C21H19ClN2O3. The first-order valence-corrected chi connectivity index (χ1v) is 8.93. The lowest BCUT2D eigenvalue weighted by molar-refractivity contribution is -0.136. The summed E-state index contributed by atoms with van der Waals surface area (Å²) in [6.07, 6.45) is -0.447. The third-order valence-electron chi connectivity index (χ3n) is 4.17. The number of carbonyl (C=O) groups excluding carboxylic acids is 2. The molecular weight excluding hydrogens is 364 g/mol. The van der Waals surface area contributed by atoms with Gasteiger partial charge < -0.3 is 15.7 Å². The van der Waals surface area contributed by atoms with E-state index in [1.807, 2.05) is 42.5 Å². The van der Waals surface area contributed by atoms with Gasteiger partial charge in [-0.1, -0.05) is 60.1 Å². The van der Waals surface area contributed by atoms with Gasteiger partial charge in [0.25, 0.3) is 0 Å². The number of anilines is 1. The number of hydrogen-bond acceptors (Lipinski definition) is 3. The second-order valence-corrected chi connectivity index (χ2v) is 6.53. The van der Waals surface area contributed by atoms with Gasteiger partial charge in [0.1, 0.15) is 0 Å². The molecule has 3 aromatic carbocycles. The zero-order valence-electron chi connectivity index (χ0n) is 14.5. The highest BCUT2D eigenvalue weighted by atomic mass is 35.5. The molecule has 0 spiro atoms. The van der Waals surface area contributed by atoms with Crippen LogP contribution < -0.4 is 10.6 Å². The zero-order chi connectivity index (χ0) is 19.2. The summed E-state index contributed by atoms with van der Waals surface area (Å²) in [6, 6.07) is 20.1. The Labute approximate surface area is 162 Å². The standard InChI is InChI=1S/C21H19ClN2O3/c22-15-7-4-8-16(13-15)24-21(27)20(26)23-12-11-19(25)18-10-3-6-14-5-1-2-9-17(14)18/h1-10,13,19,25H,11-12H2,(H,23,26)(H,24,27). The summed E-state index contributed by atoms with van der Waals surface area (Å²) in [7, 11) is 0. The monoisotopic (exact) mass is 382 g/mol. The Hall–Kier alpha value is -2.89. The number of carbonyl (C=O) groups is 2. The van der Waals surface area contributed by atoms with Crippen molar-refractivity contribution in [1.82, 2.24) is 5.32 Å². The first kappa shape index (κ1) is 18.9. The molecule has 1 unspecified atom stereocenters. The third-order valence-corrected chi connectivity index (χ3v) is 4.41. The average Bonchev–Trinajstić information content (AvgIpc) is 2.67. The Morgan fingerprint density at radius 2 is 1.70 bits per heavy atom. The maximum Gasteiger partial charge on any atom is 0.313 e. The molecule has 3 N–H and O–H groups in total. The van der Waals surface area contributed by atoms with Gasteiger partial charge >= 0.3 is 11.8 Å². The quantitative estimate of drug-likeness (QED) is 0.589. The van der Waals surface area contributed by atoms with Crippen LogP contribution in [0.15, 0.2) is 66.7 Å². The van der Waals surface area contributed by atoms with Crippen LogP contribution in [0.1, 0.15) is 18.1 Å². The van der Waals surface area contributed by atoms with Crippen LogP contribution in [0.3, 0.4) is 0 Å². The molecule has 2 amide bonds. The highest BCUT2D eigenvalue weighted by Crippen LogP contribution is 2.25. The molecule has 0 aliphatic heterocycles. The summed E-state index contributed by atoms with van der Waals surface area (Å²) in [5.74, 6) is -1.54. The number of halogens is 1. The van der Waals surface area contributed by atoms with Gasteiger partial charge in [0, 0.05) is 17.3 Å². The van der Waals surface area contributed by atoms with E-state index in [-0.39, 0.29) is 6.54 Å². The summed E-state index contributed by atoms with van der Waals surface area (Å²) in [5, 5.41) is 17.9. The Balaban J connectivity index is 1.54. The van der Waals surface area contributed by atoms with Crippen LogP contribution in [-0.2, 0) is 9.59 Å². The van der Waals surface area contributed by atoms with Gasteiger partial charge in [-0.25, -0.2) is 0 Å². The lowest BCUT2D eigenvalue weighted by atomic mass is 9.99. The van der Waals surface area contributed by atoms with Crippen LogP contribution in [-0.4, -0.2) is 23.5 Å². The fourth-order valence-corrected chi connectivity index (χ4v) is 3.04. The van der Waals surface area contributed by atoms with Crippen molar-refractivity contribution in [3.63, 3.8) is 0 Å². The normalized spacial score (nSPS) is 11.8. The number of rotatable bonds is 5. The van der Waals surface area contributed by atoms with E-state index in [0.29, 0.717) is 17.1 Å². The van der Waals surface area contributed by atoms with Crippen molar-refractivity contribution in [3.05, 3.63) is 77.3 Å². The van der Waals surface area contributed by atoms with Crippen molar-refractivity contribution in [3.8, 4) is 0 Å². The molecule has 0 saturated carbocycles. The van der Waals surface area contributed by atoms with Crippen molar-refractivity contribution in [2.75, 3.05) is 11.9 Å². The summed E-state index contributed by atoms with van der Waals surface area (Å²) < 4.78 is 0. The fourth-order valence-electron chi connectivity index (χ4n) is 2.85. The smallest absolute Gasteiger partial charge is 0.313 e. The van der Waals surface area contributed by atoms with E-state index in [0.717, 1.165) is 16.3 Å². The minimum Gasteiger partial charge on any atom is -0.388 e. The van der Waals surface area contributed by atoms with E-state index in [4.69, 9.17) is 11.6 Å². The maximum atomic E-state index is 11.9. The molecule has 0 saturated heterocycles. The van der Waals surface area contributed by atoms with E-state index < -0.39 is 17.9 Å². The van der Waals surface area contributed by atoms with Gasteiger partial charge in [-0.15, -0.1) is 0 Å². The number of amides is 2. The Morgan fingerprint density at radius 1 is 0.963 bits per heavy atom. The highest BCUT2D eigenvalue weighted by molar-refractivity contribution is 6.39. The lowest BCUT2D eigenvalue weighted by Crippen LogP contribution is -2.36. The summed E-state index contributed by atoms with van der Waals surface area (Å²) in [4.78, 5) is 23.8. The Bertz CT molecular complexity index is 969. The second-order valence-electron chi connectivity index (χ2n) is 6.09. The molecule has 0 radical (unpaired) electrons.